The Morgan fingerprint density at radius 3 is 2.60 bits per heavy atom. The minimum absolute atomic E-state index is 0.366. The maximum Gasteiger partial charge on any atom is 0.209 e. The summed E-state index contributed by atoms with van der Waals surface area (Å²) >= 11 is 0. The number of rotatable bonds is 8. The molecule has 2 rings (SSSR count). The van der Waals surface area contributed by atoms with Crippen molar-refractivity contribution in [2.24, 2.45) is 7.05 Å². The van der Waals surface area contributed by atoms with Gasteiger partial charge in [-0.25, -0.2) is 4.98 Å². The van der Waals surface area contributed by atoms with Crippen LogP contribution in [0.1, 0.15) is 21.7 Å². The zero-order valence-electron chi connectivity index (χ0n) is 14.5. The molecule has 130 valence electrons. The van der Waals surface area contributed by atoms with E-state index in [-0.39, 0.29) is 0 Å². The van der Waals surface area contributed by atoms with Crippen molar-refractivity contribution in [1.82, 2.24) is 9.55 Å². The smallest absolute Gasteiger partial charge is 0.209 e. The molecule has 0 bridgehead atoms. The van der Waals surface area contributed by atoms with Gasteiger partial charge in [0.05, 0.1) is 0 Å². The van der Waals surface area contributed by atoms with Gasteiger partial charge in [-0.2, -0.15) is 0 Å². The van der Waals surface area contributed by atoms with Crippen molar-refractivity contribution in [2.45, 2.75) is 13.5 Å². The number of allylic oxidation sites excluding steroid dienone is 2. The lowest BCUT2D eigenvalue weighted by atomic mass is 10.2. The second kappa shape index (κ2) is 8.63. The summed E-state index contributed by atoms with van der Waals surface area (Å²) in [6.45, 7) is 2.20. The average Bonchev–Trinajstić information content (AvgIpc) is 2.93. The van der Waals surface area contributed by atoms with Gasteiger partial charge in [-0.15, -0.1) is 0 Å². The number of hydrogen-bond donors (Lipinski definition) is 0. The Labute approximate surface area is 147 Å². The van der Waals surface area contributed by atoms with Crippen LogP contribution < -0.4 is 4.90 Å². The Morgan fingerprint density at radius 2 is 2.00 bits per heavy atom. The molecule has 6 nitrogen and oxygen atoms in total. The van der Waals surface area contributed by atoms with Crippen molar-refractivity contribution in [1.29, 1.82) is 0 Å². The molecule has 1 aromatic carbocycles. The predicted octanol–water partition coefficient (Wildman–Crippen LogP) is 2.79. The lowest BCUT2D eigenvalue weighted by molar-refractivity contribution is -0.104. The Balaban J connectivity index is 2.09. The third kappa shape index (κ3) is 4.67. The second-order valence-corrected chi connectivity index (χ2v) is 5.47. The van der Waals surface area contributed by atoms with E-state index in [0.717, 1.165) is 17.5 Å². The summed E-state index contributed by atoms with van der Waals surface area (Å²) in [5.74, 6) is 1.05. The van der Waals surface area contributed by atoms with Crippen LogP contribution in [0.5, 0.6) is 0 Å². The van der Waals surface area contributed by atoms with Crippen LogP contribution in [0, 0.1) is 6.92 Å². The summed E-state index contributed by atoms with van der Waals surface area (Å²) in [5.41, 5.74) is 2.20. The van der Waals surface area contributed by atoms with Gasteiger partial charge in [-0.1, -0.05) is 30.3 Å². The summed E-state index contributed by atoms with van der Waals surface area (Å²) in [6, 6.07) is 9.69. The Morgan fingerprint density at radius 1 is 1.28 bits per heavy atom. The number of carbonyl (C=O) groups is 2. The van der Waals surface area contributed by atoms with Gasteiger partial charge in [0.15, 0.2) is 6.29 Å². The SMILES string of the molecule is Cc1c(C=O)nc(N(C)C=C/C(=C\C=O)OCc2ccccc2)n1C. The standard InChI is InChI=1S/C19H21N3O3/c1-15-18(13-24)20-19(22(15)3)21(2)11-9-17(10-12-23)25-14-16-7-5-4-6-8-16/h4-13H,14H2,1-3H3/b11-9?,17-10+. The Kier molecular flexibility index (Phi) is 6.28. The molecule has 0 aliphatic heterocycles. The first-order valence-corrected chi connectivity index (χ1v) is 7.78. The fourth-order valence-electron chi connectivity index (χ4n) is 2.22. The van der Waals surface area contributed by atoms with Crippen molar-refractivity contribution in [3.8, 4) is 0 Å². The molecule has 0 atom stereocenters. The molecular formula is C19H21N3O3. The first kappa shape index (κ1) is 18.2. The summed E-state index contributed by atoms with van der Waals surface area (Å²) in [7, 11) is 3.64. The average molecular weight is 339 g/mol. The molecule has 0 fully saturated rings. The highest BCUT2D eigenvalue weighted by atomic mass is 16.5. The highest BCUT2D eigenvalue weighted by Gasteiger charge is 2.12. The zero-order valence-corrected chi connectivity index (χ0v) is 14.5. The number of anilines is 1. The summed E-state index contributed by atoms with van der Waals surface area (Å²) < 4.78 is 7.49. The molecule has 0 aliphatic rings. The highest BCUT2D eigenvalue weighted by molar-refractivity contribution is 5.75. The van der Waals surface area contributed by atoms with Crippen LogP contribution in [0.15, 0.2) is 54.4 Å². The van der Waals surface area contributed by atoms with Gasteiger partial charge in [0.1, 0.15) is 24.3 Å². The van der Waals surface area contributed by atoms with E-state index in [1.807, 2.05) is 55.9 Å². The molecule has 25 heavy (non-hydrogen) atoms. The molecule has 1 aromatic heterocycles. The molecule has 0 amide bonds. The van der Waals surface area contributed by atoms with Gasteiger partial charge in [-0.3, -0.25) is 9.59 Å². The summed E-state index contributed by atoms with van der Waals surface area (Å²) in [4.78, 5) is 27.9. The minimum Gasteiger partial charge on any atom is -0.489 e. The van der Waals surface area contributed by atoms with Gasteiger partial charge in [-0.05, 0) is 18.6 Å². The predicted molar refractivity (Wildman–Crippen MR) is 96.3 cm³/mol. The molecule has 6 heteroatoms. The van der Waals surface area contributed by atoms with E-state index in [4.69, 9.17) is 4.74 Å². The monoisotopic (exact) mass is 339 g/mol. The van der Waals surface area contributed by atoms with Gasteiger partial charge in [0.2, 0.25) is 5.95 Å². The van der Waals surface area contributed by atoms with Gasteiger partial charge in [0.25, 0.3) is 0 Å². The van der Waals surface area contributed by atoms with E-state index >= 15 is 0 Å². The van der Waals surface area contributed by atoms with Crippen LogP contribution >= 0.6 is 0 Å². The van der Waals surface area contributed by atoms with Crippen molar-refractivity contribution in [2.75, 3.05) is 11.9 Å². The van der Waals surface area contributed by atoms with Crippen molar-refractivity contribution < 1.29 is 14.3 Å². The molecular weight excluding hydrogens is 318 g/mol. The minimum atomic E-state index is 0.366. The molecule has 0 unspecified atom stereocenters. The van der Waals surface area contributed by atoms with E-state index in [9.17, 15) is 9.59 Å². The summed E-state index contributed by atoms with van der Waals surface area (Å²) in [6.07, 6.45) is 6.18. The van der Waals surface area contributed by atoms with Crippen LogP contribution in [-0.2, 0) is 23.2 Å². The Hall–Kier alpha value is -3.15. The fraction of sp³-hybridized carbons (Fsp3) is 0.211. The van der Waals surface area contributed by atoms with Crippen LogP contribution in [0.3, 0.4) is 0 Å². The van der Waals surface area contributed by atoms with E-state index in [1.54, 1.807) is 17.2 Å². The first-order valence-electron chi connectivity index (χ1n) is 7.78. The highest BCUT2D eigenvalue weighted by Crippen LogP contribution is 2.16. The topological polar surface area (TPSA) is 64.4 Å². The van der Waals surface area contributed by atoms with E-state index in [2.05, 4.69) is 4.98 Å². The van der Waals surface area contributed by atoms with Gasteiger partial charge >= 0.3 is 0 Å². The summed E-state index contributed by atoms with van der Waals surface area (Å²) in [5, 5.41) is 0. The number of aromatic nitrogens is 2. The van der Waals surface area contributed by atoms with Crippen molar-refractivity contribution in [3.05, 3.63) is 71.4 Å². The van der Waals surface area contributed by atoms with Crippen molar-refractivity contribution in [3.63, 3.8) is 0 Å². The van der Waals surface area contributed by atoms with Crippen LogP contribution in [0.4, 0.5) is 5.95 Å². The fourth-order valence-corrected chi connectivity index (χ4v) is 2.22. The van der Waals surface area contributed by atoms with Crippen LogP contribution in [-0.4, -0.2) is 29.2 Å². The third-order valence-electron chi connectivity index (χ3n) is 3.76. The molecule has 0 saturated carbocycles. The first-order chi connectivity index (χ1) is 12.1. The number of ether oxygens (including phenoxy) is 1. The number of carbonyl (C=O) groups excluding carboxylic acids is 2. The van der Waals surface area contributed by atoms with E-state index in [1.165, 1.54) is 6.08 Å². The lowest BCUT2D eigenvalue weighted by Gasteiger charge is -2.14. The Bertz CT molecular complexity index is 792. The van der Waals surface area contributed by atoms with Gasteiger partial charge in [0, 0.05) is 32.1 Å². The maximum absolute atomic E-state index is 11.0. The molecule has 0 N–H and O–H groups in total. The molecule has 2 aromatic rings. The maximum atomic E-state index is 11.0. The quantitative estimate of drug-likeness (QED) is 0.320. The van der Waals surface area contributed by atoms with Crippen LogP contribution in [0.25, 0.3) is 0 Å². The van der Waals surface area contributed by atoms with Gasteiger partial charge < -0.3 is 14.2 Å². The van der Waals surface area contributed by atoms with Crippen LogP contribution in [0.2, 0.25) is 0 Å². The molecule has 0 spiro atoms. The number of benzene rings is 1. The lowest BCUT2D eigenvalue weighted by Crippen LogP contribution is -2.13. The second-order valence-electron chi connectivity index (χ2n) is 5.47. The number of nitrogens with zero attached hydrogens (tertiary/aromatic N) is 3. The van der Waals surface area contributed by atoms with E-state index < -0.39 is 0 Å². The zero-order chi connectivity index (χ0) is 18.2. The van der Waals surface area contributed by atoms with E-state index in [0.29, 0.717) is 30.3 Å². The molecule has 1 heterocycles. The normalized spacial score (nSPS) is 11.6. The molecule has 0 radical (unpaired) electrons. The number of hydrogen-bond acceptors (Lipinski definition) is 5. The third-order valence-corrected chi connectivity index (χ3v) is 3.76. The largest absolute Gasteiger partial charge is 0.489 e. The number of imidazole rings is 1. The van der Waals surface area contributed by atoms with Crippen molar-refractivity contribution >= 4 is 18.5 Å². The molecule has 0 aliphatic carbocycles. The molecule has 0 saturated heterocycles. The number of aldehydes is 2.